The standard InChI is InChI=1S/C16H23N3O/c1-16(2,3)11-14-18-15(20-19-14)13-8-6-5-7-12(13)9-10-17-4/h5-8,17H,9-11H2,1-4H3. The summed E-state index contributed by atoms with van der Waals surface area (Å²) in [4.78, 5) is 4.54. The topological polar surface area (TPSA) is 51.0 Å². The zero-order valence-electron chi connectivity index (χ0n) is 12.7. The number of hydrogen-bond donors (Lipinski definition) is 1. The highest BCUT2D eigenvalue weighted by Gasteiger charge is 2.17. The Morgan fingerprint density at radius 1 is 1.20 bits per heavy atom. The van der Waals surface area contributed by atoms with Gasteiger partial charge in [0.25, 0.3) is 5.89 Å². The van der Waals surface area contributed by atoms with Gasteiger partial charge < -0.3 is 9.84 Å². The molecule has 0 aliphatic carbocycles. The van der Waals surface area contributed by atoms with E-state index < -0.39 is 0 Å². The second-order valence-electron chi connectivity index (χ2n) is 6.26. The van der Waals surface area contributed by atoms with Gasteiger partial charge in [-0.05, 0) is 37.1 Å². The van der Waals surface area contributed by atoms with Crippen LogP contribution in [0.1, 0.15) is 32.2 Å². The molecule has 0 saturated heterocycles. The van der Waals surface area contributed by atoms with Crippen molar-refractivity contribution in [1.29, 1.82) is 0 Å². The van der Waals surface area contributed by atoms with Crippen molar-refractivity contribution < 1.29 is 4.52 Å². The highest BCUT2D eigenvalue weighted by Crippen LogP contribution is 2.24. The number of nitrogens with one attached hydrogen (secondary N) is 1. The number of aromatic nitrogens is 2. The second-order valence-corrected chi connectivity index (χ2v) is 6.26. The molecule has 0 atom stereocenters. The van der Waals surface area contributed by atoms with Gasteiger partial charge in [-0.25, -0.2) is 0 Å². The van der Waals surface area contributed by atoms with Crippen LogP contribution in [0.4, 0.5) is 0 Å². The van der Waals surface area contributed by atoms with Crippen molar-refractivity contribution >= 4 is 0 Å². The van der Waals surface area contributed by atoms with Crippen molar-refractivity contribution in [2.75, 3.05) is 13.6 Å². The first-order valence-electron chi connectivity index (χ1n) is 7.05. The van der Waals surface area contributed by atoms with E-state index in [0.717, 1.165) is 30.8 Å². The van der Waals surface area contributed by atoms with Gasteiger partial charge >= 0.3 is 0 Å². The molecule has 108 valence electrons. The van der Waals surface area contributed by atoms with Crippen LogP contribution >= 0.6 is 0 Å². The predicted octanol–water partition coefficient (Wildman–Crippen LogP) is 3.09. The molecule has 1 aromatic heterocycles. The van der Waals surface area contributed by atoms with Crippen molar-refractivity contribution in [2.45, 2.75) is 33.6 Å². The van der Waals surface area contributed by atoms with Crippen LogP contribution in [0.2, 0.25) is 0 Å². The molecule has 0 fully saturated rings. The van der Waals surface area contributed by atoms with E-state index in [9.17, 15) is 0 Å². The van der Waals surface area contributed by atoms with Gasteiger partial charge in [-0.1, -0.05) is 44.1 Å². The van der Waals surface area contributed by atoms with Gasteiger partial charge in [-0.15, -0.1) is 0 Å². The first-order valence-corrected chi connectivity index (χ1v) is 7.05. The summed E-state index contributed by atoms with van der Waals surface area (Å²) in [6.45, 7) is 7.44. The summed E-state index contributed by atoms with van der Waals surface area (Å²) in [5.74, 6) is 1.40. The zero-order valence-corrected chi connectivity index (χ0v) is 12.7. The highest BCUT2D eigenvalue weighted by molar-refractivity contribution is 5.58. The number of hydrogen-bond acceptors (Lipinski definition) is 4. The molecule has 0 aliphatic heterocycles. The second kappa shape index (κ2) is 6.18. The Morgan fingerprint density at radius 3 is 2.65 bits per heavy atom. The smallest absolute Gasteiger partial charge is 0.258 e. The molecule has 2 rings (SSSR count). The van der Waals surface area contributed by atoms with E-state index in [2.05, 4.69) is 42.3 Å². The number of nitrogens with zero attached hydrogens (tertiary/aromatic N) is 2. The molecule has 0 amide bonds. The van der Waals surface area contributed by atoms with Gasteiger partial charge in [0.05, 0.1) is 0 Å². The molecule has 0 unspecified atom stereocenters. The molecule has 0 bridgehead atoms. The average Bonchev–Trinajstić information content (AvgIpc) is 2.82. The Hall–Kier alpha value is -1.68. The summed E-state index contributed by atoms with van der Waals surface area (Å²) in [5.41, 5.74) is 2.43. The van der Waals surface area contributed by atoms with Crippen molar-refractivity contribution in [3.63, 3.8) is 0 Å². The normalized spacial score (nSPS) is 11.8. The van der Waals surface area contributed by atoms with Crippen molar-refractivity contribution in [3.05, 3.63) is 35.7 Å². The summed E-state index contributed by atoms with van der Waals surface area (Å²) in [6, 6.07) is 8.20. The molecule has 0 spiro atoms. The summed E-state index contributed by atoms with van der Waals surface area (Å²) in [5, 5.41) is 7.26. The lowest BCUT2D eigenvalue weighted by Crippen LogP contribution is -2.11. The summed E-state index contributed by atoms with van der Waals surface area (Å²) < 4.78 is 5.44. The fourth-order valence-electron chi connectivity index (χ4n) is 2.12. The lowest BCUT2D eigenvalue weighted by molar-refractivity contribution is 0.374. The summed E-state index contributed by atoms with van der Waals surface area (Å²) >= 11 is 0. The minimum Gasteiger partial charge on any atom is -0.334 e. The Bertz CT molecular complexity index is 555. The lowest BCUT2D eigenvalue weighted by Gasteiger charge is -2.14. The third-order valence-corrected chi connectivity index (χ3v) is 3.05. The Kier molecular flexibility index (Phi) is 4.55. The molecule has 2 aromatic rings. The number of benzene rings is 1. The third-order valence-electron chi connectivity index (χ3n) is 3.05. The van der Waals surface area contributed by atoms with Gasteiger partial charge in [-0.3, -0.25) is 0 Å². The molecule has 1 aromatic carbocycles. The van der Waals surface area contributed by atoms with Gasteiger partial charge in [0.15, 0.2) is 5.82 Å². The van der Waals surface area contributed by atoms with E-state index >= 15 is 0 Å². The maximum absolute atomic E-state index is 5.44. The van der Waals surface area contributed by atoms with E-state index in [0.29, 0.717) is 5.89 Å². The molecule has 4 heteroatoms. The molecular weight excluding hydrogens is 250 g/mol. The van der Waals surface area contributed by atoms with Crippen molar-refractivity contribution in [2.24, 2.45) is 5.41 Å². The summed E-state index contributed by atoms with van der Waals surface area (Å²) in [7, 11) is 1.96. The summed E-state index contributed by atoms with van der Waals surface area (Å²) in [6.07, 6.45) is 1.76. The fraction of sp³-hybridized carbons (Fsp3) is 0.500. The first kappa shape index (κ1) is 14.7. The molecule has 1 heterocycles. The van der Waals surface area contributed by atoms with Gasteiger partial charge in [0.2, 0.25) is 0 Å². The predicted molar refractivity (Wildman–Crippen MR) is 80.5 cm³/mol. The van der Waals surface area contributed by atoms with Crippen LogP contribution in [0.3, 0.4) is 0 Å². The monoisotopic (exact) mass is 273 g/mol. The minimum atomic E-state index is 0.160. The molecule has 0 radical (unpaired) electrons. The molecule has 0 aliphatic rings. The van der Waals surface area contributed by atoms with Crippen LogP contribution in [-0.2, 0) is 12.8 Å². The molecule has 1 N–H and O–H groups in total. The van der Waals surface area contributed by atoms with E-state index in [1.165, 1.54) is 5.56 Å². The Labute approximate surface area is 120 Å². The van der Waals surface area contributed by atoms with Crippen LogP contribution in [0.25, 0.3) is 11.5 Å². The maximum atomic E-state index is 5.44. The number of likely N-dealkylation sites (N-methyl/N-ethyl adjacent to an activating group) is 1. The van der Waals surface area contributed by atoms with Gasteiger partial charge in [0, 0.05) is 12.0 Å². The van der Waals surface area contributed by atoms with Crippen LogP contribution in [-0.4, -0.2) is 23.7 Å². The highest BCUT2D eigenvalue weighted by atomic mass is 16.5. The molecule has 0 saturated carbocycles. The SMILES string of the molecule is CNCCc1ccccc1-c1nc(CC(C)(C)C)no1. The first-order chi connectivity index (χ1) is 9.49. The Balaban J connectivity index is 2.23. The van der Waals surface area contributed by atoms with E-state index in [-0.39, 0.29) is 5.41 Å². The molecular formula is C16H23N3O. The van der Waals surface area contributed by atoms with E-state index in [1.807, 2.05) is 25.2 Å². The van der Waals surface area contributed by atoms with E-state index in [4.69, 9.17) is 4.52 Å². The van der Waals surface area contributed by atoms with Crippen molar-refractivity contribution in [1.82, 2.24) is 15.5 Å². The minimum absolute atomic E-state index is 0.160. The molecule has 20 heavy (non-hydrogen) atoms. The van der Waals surface area contributed by atoms with Crippen molar-refractivity contribution in [3.8, 4) is 11.5 Å². The maximum Gasteiger partial charge on any atom is 0.258 e. The van der Waals surface area contributed by atoms with Crippen LogP contribution in [0.5, 0.6) is 0 Å². The van der Waals surface area contributed by atoms with Crippen LogP contribution in [0.15, 0.2) is 28.8 Å². The van der Waals surface area contributed by atoms with Crippen LogP contribution in [0, 0.1) is 5.41 Å². The third kappa shape index (κ3) is 3.90. The largest absolute Gasteiger partial charge is 0.334 e. The Morgan fingerprint density at radius 2 is 1.95 bits per heavy atom. The lowest BCUT2D eigenvalue weighted by atomic mass is 9.92. The van der Waals surface area contributed by atoms with Gasteiger partial charge in [0.1, 0.15) is 0 Å². The quantitative estimate of drug-likeness (QED) is 0.909. The average molecular weight is 273 g/mol. The zero-order chi connectivity index (χ0) is 14.6. The fourth-order valence-corrected chi connectivity index (χ4v) is 2.12. The number of rotatable bonds is 5. The van der Waals surface area contributed by atoms with Crippen LogP contribution < -0.4 is 5.32 Å². The molecule has 4 nitrogen and oxygen atoms in total. The van der Waals surface area contributed by atoms with Gasteiger partial charge in [-0.2, -0.15) is 4.98 Å². The van der Waals surface area contributed by atoms with E-state index in [1.54, 1.807) is 0 Å².